The Morgan fingerprint density at radius 1 is 1.21 bits per heavy atom. The maximum Gasteiger partial charge on any atom is 0.246 e. The lowest BCUT2D eigenvalue weighted by Crippen LogP contribution is -2.41. The molecule has 0 saturated heterocycles. The molecule has 1 aliphatic rings. The minimum atomic E-state index is -4.06. The van der Waals surface area contributed by atoms with Gasteiger partial charge in [0.25, 0.3) is 0 Å². The van der Waals surface area contributed by atoms with E-state index in [1.807, 2.05) is 4.57 Å². The Kier molecular flexibility index (Phi) is 6.30. The molecule has 1 aromatic carbocycles. The maximum atomic E-state index is 14.5. The number of nitrogens with zero attached hydrogens (tertiary/aromatic N) is 4. The SMILES string of the molecule is Cc1noc(C)c1S(=O)(=O)N[C@@H](C)C(=O)Nc1cc(-c2nnc3n2CCCCC3)ccc1F. The predicted molar refractivity (Wildman–Crippen MR) is 117 cm³/mol. The third-order valence-corrected chi connectivity index (χ3v) is 7.34. The molecule has 3 heterocycles. The highest BCUT2D eigenvalue weighted by Crippen LogP contribution is 2.27. The molecule has 0 aliphatic carbocycles. The highest BCUT2D eigenvalue weighted by molar-refractivity contribution is 7.89. The van der Waals surface area contributed by atoms with E-state index in [0.29, 0.717) is 11.4 Å². The van der Waals surface area contributed by atoms with Gasteiger partial charge in [-0.2, -0.15) is 4.72 Å². The molecule has 3 aromatic rings. The summed E-state index contributed by atoms with van der Waals surface area (Å²) >= 11 is 0. The second-order valence-electron chi connectivity index (χ2n) is 8.08. The first-order valence-corrected chi connectivity index (χ1v) is 12.1. The average Bonchev–Trinajstić information content (AvgIpc) is 3.23. The fraction of sp³-hybridized carbons (Fsp3) is 0.429. The third kappa shape index (κ3) is 4.67. The molecule has 33 heavy (non-hydrogen) atoms. The molecule has 0 spiro atoms. The number of sulfonamides is 1. The number of carbonyl (C=O) groups is 1. The van der Waals surface area contributed by atoms with Crippen molar-refractivity contribution in [2.24, 2.45) is 0 Å². The van der Waals surface area contributed by atoms with Gasteiger partial charge in [-0.1, -0.05) is 11.6 Å². The number of aryl methyl sites for hydroxylation is 3. The van der Waals surface area contributed by atoms with Gasteiger partial charge in [0, 0.05) is 18.5 Å². The zero-order chi connectivity index (χ0) is 23.8. The summed E-state index contributed by atoms with van der Waals surface area (Å²) in [5.41, 5.74) is 0.710. The number of hydrogen-bond acceptors (Lipinski definition) is 7. The second-order valence-corrected chi connectivity index (χ2v) is 9.73. The lowest BCUT2D eigenvalue weighted by molar-refractivity contribution is -0.117. The van der Waals surface area contributed by atoms with Gasteiger partial charge in [0.05, 0.1) is 11.7 Å². The molecule has 0 saturated carbocycles. The monoisotopic (exact) mass is 476 g/mol. The van der Waals surface area contributed by atoms with Crippen molar-refractivity contribution < 1.29 is 22.1 Å². The van der Waals surface area contributed by atoms with E-state index in [1.165, 1.54) is 32.9 Å². The van der Waals surface area contributed by atoms with Crippen LogP contribution in [0.4, 0.5) is 10.1 Å². The summed E-state index contributed by atoms with van der Waals surface area (Å²) in [6.07, 6.45) is 3.99. The molecule has 4 rings (SSSR count). The van der Waals surface area contributed by atoms with Crippen LogP contribution in [0.1, 0.15) is 43.5 Å². The first-order valence-electron chi connectivity index (χ1n) is 10.7. The molecule has 0 radical (unpaired) electrons. The van der Waals surface area contributed by atoms with Crippen LogP contribution in [0.15, 0.2) is 27.6 Å². The summed E-state index contributed by atoms with van der Waals surface area (Å²) in [5.74, 6) is 0.234. The Bertz CT molecular complexity index is 1280. The number of fused-ring (bicyclic) bond motifs is 1. The molecule has 1 amide bonds. The van der Waals surface area contributed by atoms with Crippen molar-refractivity contribution in [2.45, 2.75) is 63.9 Å². The fourth-order valence-corrected chi connectivity index (χ4v) is 5.44. The molecule has 0 bridgehead atoms. The molecule has 0 fully saturated rings. The molecule has 1 aliphatic heterocycles. The van der Waals surface area contributed by atoms with Gasteiger partial charge in [-0.25, -0.2) is 12.8 Å². The standard InChI is InChI=1S/C21H25FN6O4S/c1-12-19(14(3)32-26-12)33(30,31)27-13(2)21(29)23-17-11-15(8-9-16(17)22)20-25-24-18-7-5-4-6-10-28(18)20/h8-9,11,13,27H,4-7,10H2,1-3H3,(H,23,29)/t13-/m0/s1. The average molecular weight is 477 g/mol. The van der Waals surface area contributed by atoms with Crippen LogP contribution in [0, 0.1) is 19.7 Å². The summed E-state index contributed by atoms with van der Waals surface area (Å²) in [6.45, 7) is 5.09. The smallest absolute Gasteiger partial charge is 0.246 e. The summed E-state index contributed by atoms with van der Waals surface area (Å²) in [5, 5.41) is 14.6. The number of anilines is 1. The Morgan fingerprint density at radius 3 is 2.73 bits per heavy atom. The van der Waals surface area contributed by atoms with Crippen molar-refractivity contribution in [3.63, 3.8) is 0 Å². The van der Waals surface area contributed by atoms with Crippen molar-refractivity contribution in [1.29, 1.82) is 0 Å². The van der Waals surface area contributed by atoms with Gasteiger partial charge in [0.15, 0.2) is 11.6 Å². The molecular weight excluding hydrogens is 451 g/mol. The number of rotatable bonds is 6. The first kappa shape index (κ1) is 23.1. The molecule has 0 unspecified atom stereocenters. The van der Waals surface area contributed by atoms with Crippen LogP contribution in [0.25, 0.3) is 11.4 Å². The summed E-state index contributed by atoms with van der Waals surface area (Å²) < 4.78 is 49.0. The third-order valence-electron chi connectivity index (χ3n) is 5.55. The Morgan fingerprint density at radius 2 is 2.00 bits per heavy atom. The number of nitrogens with one attached hydrogen (secondary N) is 2. The molecule has 2 N–H and O–H groups in total. The van der Waals surface area contributed by atoms with E-state index in [9.17, 15) is 17.6 Å². The van der Waals surface area contributed by atoms with Crippen LogP contribution in [0.2, 0.25) is 0 Å². The molecule has 10 nitrogen and oxygen atoms in total. The van der Waals surface area contributed by atoms with Crippen molar-refractivity contribution in [3.05, 3.63) is 41.3 Å². The normalized spacial score (nSPS) is 15.0. The van der Waals surface area contributed by atoms with E-state index in [0.717, 1.165) is 38.1 Å². The number of halogens is 1. The molecule has 1 atom stereocenters. The van der Waals surface area contributed by atoms with E-state index < -0.39 is 27.8 Å². The Labute approximate surface area is 190 Å². The number of benzene rings is 1. The summed E-state index contributed by atoms with van der Waals surface area (Å²) in [7, 11) is -4.06. The van der Waals surface area contributed by atoms with E-state index >= 15 is 0 Å². The number of amides is 1. The molecular formula is C21H25FN6O4S. The van der Waals surface area contributed by atoms with E-state index in [2.05, 4.69) is 25.4 Å². The van der Waals surface area contributed by atoms with Gasteiger partial charge < -0.3 is 14.4 Å². The predicted octanol–water partition coefficient (Wildman–Crippen LogP) is 2.72. The molecule has 2 aromatic heterocycles. The Hall–Kier alpha value is -3.12. The summed E-state index contributed by atoms with van der Waals surface area (Å²) in [6, 6.07) is 3.11. The lowest BCUT2D eigenvalue weighted by atomic mass is 10.1. The quantitative estimate of drug-likeness (QED) is 0.559. The first-order chi connectivity index (χ1) is 15.7. The molecule has 12 heteroatoms. The van der Waals surface area contributed by atoms with E-state index in [-0.39, 0.29) is 22.0 Å². The van der Waals surface area contributed by atoms with Gasteiger partial charge in [-0.15, -0.1) is 10.2 Å². The van der Waals surface area contributed by atoms with Crippen LogP contribution >= 0.6 is 0 Å². The van der Waals surface area contributed by atoms with Crippen LogP contribution in [0.5, 0.6) is 0 Å². The van der Waals surface area contributed by atoms with Crippen LogP contribution < -0.4 is 10.0 Å². The minimum absolute atomic E-state index is 0.0770. The Balaban J connectivity index is 1.53. The van der Waals surface area contributed by atoms with Crippen molar-refractivity contribution >= 4 is 21.6 Å². The fourth-order valence-electron chi connectivity index (χ4n) is 3.90. The second kappa shape index (κ2) is 9.02. The van der Waals surface area contributed by atoms with Gasteiger partial charge in [-0.05, 0) is 51.8 Å². The highest BCUT2D eigenvalue weighted by atomic mass is 32.2. The van der Waals surface area contributed by atoms with Crippen molar-refractivity contribution in [1.82, 2.24) is 24.6 Å². The maximum absolute atomic E-state index is 14.5. The van der Waals surface area contributed by atoms with Gasteiger partial charge in [0.2, 0.25) is 15.9 Å². The van der Waals surface area contributed by atoms with Gasteiger partial charge in [-0.3, -0.25) is 4.79 Å². The zero-order valence-electron chi connectivity index (χ0n) is 18.6. The number of hydrogen-bond donors (Lipinski definition) is 2. The summed E-state index contributed by atoms with van der Waals surface area (Å²) in [4.78, 5) is 12.6. The van der Waals surface area contributed by atoms with E-state index in [1.54, 1.807) is 6.07 Å². The largest absolute Gasteiger partial charge is 0.360 e. The number of carbonyl (C=O) groups excluding carboxylic acids is 1. The molecule has 176 valence electrons. The van der Waals surface area contributed by atoms with Crippen molar-refractivity contribution in [3.8, 4) is 11.4 Å². The minimum Gasteiger partial charge on any atom is -0.360 e. The van der Waals surface area contributed by atoms with Crippen LogP contribution in [0.3, 0.4) is 0 Å². The topological polar surface area (TPSA) is 132 Å². The van der Waals surface area contributed by atoms with Gasteiger partial charge in [0.1, 0.15) is 22.2 Å². The number of aromatic nitrogens is 4. The zero-order valence-corrected chi connectivity index (χ0v) is 19.4. The van der Waals surface area contributed by atoms with Crippen molar-refractivity contribution in [2.75, 3.05) is 5.32 Å². The van der Waals surface area contributed by atoms with Crippen LogP contribution in [-0.4, -0.2) is 40.3 Å². The lowest BCUT2D eigenvalue weighted by Gasteiger charge is -2.15. The van der Waals surface area contributed by atoms with E-state index in [4.69, 9.17) is 4.52 Å². The van der Waals surface area contributed by atoms with Crippen LogP contribution in [-0.2, 0) is 27.8 Å². The highest BCUT2D eigenvalue weighted by Gasteiger charge is 2.28. The van der Waals surface area contributed by atoms with Gasteiger partial charge >= 0.3 is 0 Å².